The summed E-state index contributed by atoms with van der Waals surface area (Å²) in [4.78, 5) is 17.4. The molecule has 0 spiro atoms. The van der Waals surface area contributed by atoms with Gasteiger partial charge in [-0.05, 0) is 63.6 Å². The molecule has 1 atom stereocenters. The van der Waals surface area contributed by atoms with Gasteiger partial charge in [0.15, 0.2) is 5.43 Å². The monoisotopic (exact) mass is 454 g/mol. The van der Waals surface area contributed by atoms with E-state index in [1.54, 1.807) is 19.1 Å². The summed E-state index contributed by atoms with van der Waals surface area (Å²) in [5, 5.41) is 4.18. The lowest BCUT2D eigenvalue weighted by Gasteiger charge is -2.20. The van der Waals surface area contributed by atoms with E-state index in [1.165, 1.54) is 6.07 Å². The fourth-order valence-electron chi connectivity index (χ4n) is 3.81. The molecule has 0 saturated carbocycles. The molecule has 0 amide bonds. The third kappa shape index (κ3) is 3.98. The fraction of sp³-hybridized carbons (Fsp3) is 0.200. The van der Waals surface area contributed by atoms with E-state index in [2.05, 4.69) is 10.3 Å². The molecule has 0 aliphatic rings. The van der Waals surface area contributed by atoms with Crippen LogP contribution >= 0.6 is 11.6 Å². The van der Waals surface area contributed by atoms with E-state index in [4.69, 9.17) is 16.0 Å². The van der Waals surface area contributed by atoms with Gasteiger partial charge in [-0.3, -0.25) is 4.79 Å². The largest absolute Gasteiger partial charge is 0.455 e. The molecule has 0 fully saturated rings. The Balaban J connectivity index is 1.91. The van der Waals surface area contributed by atoms with Crippen molar-refractivity contribution in [2.75, 3.05) is 5.32 Å². The van der Waals surface area contributed by atoms with Crippen LogP contribution < -0.4 is 10.7 Å². The Morgan fingerprint density at radius 1 is 1.06 bits per heavy atom. The summed E-state index contributed by atoms with van der Waals surface area (Å²) in [6, 6.07) is 10.1. The number of halogens is 3. The number of hydrogen-bond donors (Lipinski definition) is 1. The SMILES string of the molecule is Cc1cc(C(C)Nc2ccc(Cl)nc2C)c2oc(-c3ccc(F)cc3F)c(C)c(=O)c2c1. The number of nitrogens with one attached hydrogen (secondary N) is 1. The summed E-state index contributed by atoms with van der Waals surface area (Å²) in [6.07, 6.45) is 0. The summed E-state index contributed by atoms with van der Waals surface area (Å²) in [5.41, 5.74) is 3.53. The van der Waals surface area contributed by atoms with Crippen LogP contribution in [0.2, 0.25) is 5.15 Å². The number of aryl methyl sites for hydroxylation is 2. The highest BCUT2D eigenvalue weighted by Crippen LogP contribution is 2.33. The van der Waals surface area contributed by atoms with Gasteiger partial charge in [-0.15, -0.1) is 0 Å². The lowest BCUT2D eigenvalue weighted by atomic mass is 9.98. The molecule has 0 aliphatic heterocycles. The molecule has 0 radical (unpaired) electrons. The van der Waals surface area contributed by atoms with Crippen molar-refractivity contribution in [1.82, 2.24) is 4.98 Å². The van der Waals surface area contributed by atoms with Gasteiger partial charge in [0.2, 0.25) is 0 Å². The Labute approximate surface area is 188 Å². The van der Waals surface area contributed by atoms with E-state index in [1.807, 2.05) is 32.9 Å². The van der Waals surface area contributed by atoms with E-state index in [9.17, 15) is 13.6 Å². The molecule has 4 rings (SSSR count). The quantitative estimate of drug-likeness (QED) is 0.341. The first kappa shape index (κ1) is 22.0. The summed E-state index contributed by atoms with van der Waals surface area (Å²) < 4.78 is 34.1. The number of pyridine rings is 1. The number of aromatic nitrogens is 1. The second-order valence-electron chi connectivity index (χ2n) is 7.87. The van der Waals surface area contributed by atoms with Crippen molar-refractivity contribution < 1.29 is 13.2 Å². The second-order valence-corrected chi connectivity index (χ2v) is 8.26. The van der Waals surface area contributed by atoms with Crippen LogP contribution in [-0.2, 0) is 0 Å². The highest BCUT2D eigenvalue weighted by atomic mass is 35.5. The Kier molecular flexibility index (Phi) is 5.73. The van der Waals surface area contributed by atoms with Crippen molar-refractivity contribution in [2.24, 2.45) is 0 Å². The molecule has 2 aromatic heterocycles. The van der Waals surface area contributed by atoms with Gasteiger partial charge in [-0.1, -0.05) is 17.7 Å². The van der Waals surface area contributed by atoms with Gasteiger partial charge in [0.1, 0.15) is 28.1 Å². The highest BCUT2D eigenvalue weighted by Gasteiger charge is 2.21. The van der Waals surface area contributed by atoms with Gasteiger partial charge in [0, 0.05) is 17.2 Å². The summed E-state index contributed by atoms with van der Waals surface area (Å²) in [5.74, 6) is -1.41. The Bertz CT molecular complexity index is 1420. The minimum absolute atomic E-state index is 0.0350. The zero-order chi connectivity index (χ0) is 23.2. The van der Waals surface area contributed by atoms with Crippen molar-refractivity contribution in [2.45, 2.75) is 33.7 Å². The van der Waals surface area contributed by atoms with Gasteiger partial charge in [0.25, 0.3) is 0 Å². The van der Waals surface area contributed by atoms with E-state index >= 15 is 0 Å². The van der Waals surface area contributed by atoms with Gasteiger partial charge < -0.3 is 9.73 Å². The van der Waals surface area contributed by atoms with Crippen LogP contribution in [0, 0.1) is 32.4 Å². The third-order valence-corrected chi connectivity index (χ3v) is 5.67. The molecular formula is C25H21ClF2N2O2. The first-order valence-corrected chi connectivity index (χ1v) is 10.5. The van der Waals surface area contributed by atoms with Crippen molar-refractivity contribution >= 4 is 28.3 Å². The summed E-state index contributed by atoms with van der Waals surface area (Å²) in [7, 11) is 0. The Morgan fingerprint density at radius 3 is 2.50 bits per heavy atom. The average Bonchev–Trinajstić information content (AvgIpc) is 2.73. The van der Waals surface area contributed by atoms with Crippen LogP contribution in [0.25, 0.3) is 22.3 Å². The topological polar surface area (TPSA) is 55.1 Å². The summed E-state index contributed by atoms with van der Waals surface area (Å²) in [6.45, 7) is 7.25. The number of nitrogens with zero attached hydrogens (tertiary/aromatic N) is 1. The molecule has 0 saturated heterocycles. The van der Waals surface area contributed by atoms with Crippen molar-refractivity contribution in [3.63, 3.8) is 0 Å². The van der Waals surface area contributed by atoms with Gasteiger partial charge in [-0.25, -0.2) is 13.8 Å². The van der Waals surface area contributed by atoms with Crippen LogP contribution in [-0.4, -0.2) is 4.98 Å². The zero-order valence-electron chi connectivity index (χ0n) is 18.0. The van der Waals surface area contributed by atoms with Crippen LogP contribution in [0.5, 0.6) is 0 Å². The zero-order valence-corrected chi connectivity index (χ0v) is 18.8. The number of anilines is 1. The standard InChI is InChI=1S/C25H21ClF2N2O2/c1-12-9-18(14(3)29-21-7-8-22(26)30-15(21)4)25-19(10-12)23(31)13(2)24(32-25)17-6-5-16(27)11-20(17)28/h5-11,14,29H,1-4H3. The fourth-order valence-corrected chi connectivity index (χ4v) is 4.00. The predicted octanol–water partition coefficient (Wildman–Crippen LogP) is 6.88. The highest BCUT2D eigenvalue weighted by molar-refractivity contribution is 6.29. The van der Waals surface area contributed by atoms with E-state index in [0.29, 0.717) is 16.1 Å². The van der Waals surface area contributed by atoms with Crippen molar-refractivity contribution in [3.05, 3.63) is 91.9 Å². The first-order valence-electron chi connectivity index (χ1n) is 10.1. The minimum Gasteiger partial charge on any atom is -0.455 e. The van der Waals surface area contributed by atoms with Crippen molar-refractivity contribution in [1.29, 1.82) is 0 Å². The maximum Gasteiger partial charge on any atom is 0.196 e. The molecule has 2 heterocycles. The molecule has 2 aromatic carbocycles. The van der Waals surface area contributed by atoms with Crippen LogP contribution in [0.4, 0.5) is 14.5 Å². The molecule has 32 heavy (non-hydrogen) atoms. The Morgan fingerprint density at radius 2 is 1.81 bits per heavy atom. The van der Waals surface area contributed by atoms with Crippen LogP contribution in [0.15, 0.2) is 51.7 Å². The van der Waals surface area contributed by atoms with Gasteiger partial charge >= 0.3 is 0 Å². The molecule has 4 aromatic rings. The molecule has 4 nitrogen and oxygen atoms in total. The molecule has 7 heteroatoms. The number of fused-ring (bicyclic) bond motifs is 1. The lowest BCUT2D eigenvalue weighted by molar-refractivity contribution is 0.569. The molecule has 1 N–H and O–H groups in total. The molecule has 1 unspecified atom stereocenters. The summed E-state index contributed by atoms with van der Waals surface area (Å²) >= 11 is 5.96. The van der Waals surface area contributed by atoms with E-state index in [-0.39, 0.29) is 28.4 Å². The predicted molar refractivity (Wildman–Crippen MR) is 123 cm³/mol. The smallest absolute Gasteiger partial charge is 0.196 e. The second kappa shape index (κ2) is 8.36. The lowest BCUT2D eigenvalue weighted by Crippen LogP contribution is -2.13. The third-order valence-electron chi connectivity index (χ3n) is 5.46. The number of benzene rings is 2. The molecule has 0 bridgehead atoms. The molecular weight excluding hydrogens is 434 g/mol. The van der Waals surface area contributed by atoms with E-state index in [0.717, 1.165) is 34.6 Å². The normalized spacial score (nSPS) is 12.2. The van der Waals surface area contributed by atoms with Gasteiger partial charge in [0.05, 0.1) is 28.4 Å². The van der Waals surface area contributed by atoms with Crippen LogP contribution in [0.1, 0.15) is 35.3 Å². The van der Waals surface area contributed by atoms with Crippen LogP contribution in [0.3, 0.4) is 0 Å². The molecule has 0 aliphatic carbocycles. The first-order chi connectivity index (χ1) is 15.2. The van der Waals surface area contributed by atoms with Gasteiger partial charge in [-0.2, -0.15) is 0 Å². The van der Waals surface area contributed by atoms with E-state index < -0.39 is 11.6 Å². The average molecular weight is 455 g/mol. The Hall–Kier alpha value is -3.25. The molecule has 164 valence electrons. The maximum atomic E-state index is 14.5. The van der Waals surface area contributed by atoms with Crippen molar-refractivity contribution in [3.8, 4) is 11.3 Å². The minimum atomic E-state index is -0.793. The number of hydrogen-bond acceptors (Lipinski definition) is 4. The maximum absolute atomic E-state index is 14.5. The number of rotatable bonds is 4.